The highest BCUT2D eigenvalue weighted by Crippen LogP contribution is 2.15. The van der Waals surface area contributed by atoms with Gasteiger partial charge in [-0.2, -0.15) is 0 Å². The van der Waals surface area contributed by atoms with Gasteiger partial charge in [-0.05, 0) is 56.5 Å². The molecule has 104 valence electrons. The number of benzene rings is 1. The molecule has 0 saturated carbocycles. The van der Waals surface area contributed by atoms with Gasteiger partial charge in [0.15, 0.2) is 0 Å². The number of amides is 1. The van der Waals surface area contributed by atoms with Crippen molar-refractivity contribution in [3.05, 3.63) is 34.9 Å². The summed E-state index contributed by atoms with van der Waals surface area (Å²) in [7, 11) is 0. The molecule has 0 aromatic heterocycles. The highest BCUT2D eigenvalue weighted by Gasteiger charge is 2.21. The zero-order valence-electron chi connectivity index (χ0n) is 11.3. The standard InChI is InChI=1S/C15H21ClN2O/c1-11(13-5-3-7-17-10-13)18-15(19)9-12-4-2-6-14(16)8-12/h2,4,6,8,11,13,17H,3,5,7,9-10H2,1H3,(H,18,19). The molecule has 1 aliphatic rings. The van der Waals surface area contributed by atoms with E-state index in [2.05, 4.69) is 17.6 Å². The van der Waals surface area contributed by atoms with Gasteiger partial charge < -0.3 is 10.6 Å². The van der Waals surface area contributed by atoms with Crippen molar-refractivity contribution < 1.29 is 4.79 Å². The lowest BCUT2D eigenvalue weighted by Gasteiger charge is -2.29. The number of hydrogen-bond acceptors (Lipinski definition) is 2. The lowest BCUT2D eigenvalue weighted by molar-refractivity contribution is -0.121. The fourth-order valence-electron chi connectivity index (χ4n) is 2.56. The second kappa shape index (κ2) is 6.92. The number of hydrogen-bond donors (Lipinski definition) is 2. The van der Waals surface area contributed by atoms with Crippen LogP contribution in [0.4, 0.5) is 0 Å². The molecule has 2 atom stereocenters. The molecular weight excluding hydrogens is 260 g/mol. The highest BCUT2D eigenvalue weighted by molar-refractivity contribution is 6.30. The summed E-state index contributed by atoms with van der Waals surface area (Å²) in [5.41, 5.74) is 0.957. The van der Waals surface area contributed by atoms with Gasteiger partial charge in [-0.3, -0.25) is 4.79 Å². The van der Waals surface area contributed by atoms with E-state index in [-0.39, 0.29) is 11.9 Å². The summed E-state index contributed by atoms with van der Waals surface area (Å²) in [5, 5.41) is 7.15. The van der Waals surface area contributed by atoms with Crippen LogP contribution in [-0.4, -0.2) is 25.0 Å². The van der Waals surface area contributed by atoms with E-state index in [9.17, 15) is 4.79 Å². The molecular formula is C15H21ClN2O. The summed E-state index contributed by atoms with van der Waals surface area (Å²) in [6, 6.07) is 7.69. The molecule has 4 heteroatoms. The average molecular weight is 281 g/mol. The number of nitrogens with one attached hydrogen (secondary N) is 2. The monoisotopic (exact) mass is 280 g/mol. The fourth-order valence-corrected chi connectivity index (χ4v) is 2.77. The summed E-state index contributed by atoms with van der Waals surface area (Å²) in [4.78, 5) is 12.0. The average Bonchev–Trinajstić information content (AvgIpc) is 2.39. The summed E-state index contributed by atoms with van der Waals surface area (Å²) in [6.07, 6.45) is 2.77. The van der Waals surface area contributed by atoms with Crippen LogP contribution in [0, 0.1) is 5.92 Å². The Morgan fingerprint density at radius 1 is 1.58 bits per heavy atom. The predicted molar refractivity (Wildman–Crippen MR) is 78.4 cm³/mol. The molecule has 1 aromatic carbocycles. The zero-order chi connectivity index (χ0) is 13.7. The summed E-state index contributed by atoms with van der Waals surface area (Å²) in [5.74, 6) is 0.609. The number of carbonyl (C=O) groups excluding carboxylic acids is 1. The first-order valence-corrected chi connectivity index (χ1v) is 7.27. The lowest BCUT2D eigenvalue weighted by Crippen LogP contribution is -2.45. The van der Waals surface area contributed by atoms with Crippen molar-refractivity contribution in [1.29, 1.82) is 0 Å². The van der Waals surface area contributed by atoms with E-state index in [1.54, 1.807) is 0 Å². The minimum absolute atomic E-state index is 0.0698. The van der Waals surface area contributed by atoms with Crippen LogP contribution >= 0.6 is 11.6 Å². The molecule has 2 N–H and O–H groups in total. The third kappa shape index (κ3) is 4.51. The van der Waals surface area contributed by atoms with E-state index in [4.69, 9.17) is 11.6 Å². The van der Waals surface area contributed by atoms with Crippen molar-refractivity contribution in [2.75, 3.05) is 13.1 Å². The van der Waals surface area contributed by atoms with Gasteiger partial charge in [-0.15, -0.1) is 0 Å². The van der Waals surface area contributed by atoms with E-state index >= 15 is 0 Å². The Balaban J connectivity index is 1.83. The Hall–Kier alpha value is -1.06. The predicted octanol–water partition coefficient (Wildman–Crippen LogP) is 2.39. The Labute approximate surface area is 119 Å². The minimum atomic E-state index is 0.0698. The van der Waals surface area contributed by atoms with Crippen molar-refractivity contribution in [2.45, 2.75) is 32.2 Å². The second-order valence-corrected chi connectivity index (χ2v) is 5.71. The third-order valence-corrected chi connectivity index (χ3v) is 3.92. The molecule has 0 spiro atoms. The molecule has 19 heavy (non-hydrogen) atoms. The lowest BCUT2D eigenvalue weighted by atomic mass is 9.92. The summed E-state index contributed by atoms with van der Waals surface area (Å²) in [6.45, 7) is 4.19. The van der Waals surface area contributed by atoms with Crippen LogP contribution in [-0.2, 0) is 11.2 Å². The molecule has 2 unspecified atom stereocenters. The maximum Gasteiger partial charge on any atom is 0.224 e. The van der Waals surface area contributed by atoms with Crippen LogP contribution in [0.1, 0.15) is 25.3 Å². The highest BCUT2D eigenvalue weighted by atomic mass is 35.5. The largest absolute Gasteiger partial charge is 0.353 e. The van der Waals surface area contributed by atoms with E-state index in [0.717, 1.165) is 18.7 Å². The van der Waals surface area contributed by atoms with Gasteiger partial charge >= 0.3 is 0 Å². The number of piperidine rings is 1. The van der Waals surface area contributed by atoms with Crippen molar-refractivity contribution in [1.82, 2.24) is 10.6 Å². The van der Waals surface area contributed by atoms with Gasteiger partial charge in [-0.25, -0.2) is 0 Å². The maximum absolute atomic E-state index is 12.0. The molecule has 1 aliphatic heterocycles. The van der Waals surface area contributed by atoms with Crippen molar-refractivity contribution >= 4 is 17.5 Å². The van der Waals surface area contributed by atoms with E-state index in [1.165, 1.54) is 12.8 Å². The molecule has 0 radical (unpaired) electrons. The smallest absolute Gasteiger partial charge is 0.224 e. The number of carbonyl (C=O) groups is 1. The second-order valence-electron chi connectivity index (χ2n) is 5.27. The topological polar surface area (TPSA) is 41.1 Å². The van der Waals surface area contributed by atoms with Crippen LogP contribution in [0.2, 0.25) is 5.02 Å². The van der Waals surface area contributed by atoms with Crippen LogP contribution in [0.15, 0.2) is 24.3 Å². The van der Waals surface area contributed by atoms with Gasteiger partial charge in [0.05, 0.1) is 6.42 Å². The van der Waals surface area contributed by atoms with Gasteiger partial charge in [0, 0.05) is 11.1 Å². The van der Waals surface area contributed by atoms with Crippen molar-refractivity contribution in [2.24, 2.45) is 5.92 Å². The molecule has 1 aromatic rings. The first-order valence-electron chi connectivity index (χ1n) is 6.89. The van der Waals surface area contributed by atoms with Crippen LogP contribution in [0.25, 0.3) is 0 Å². The van der Waals surface area contributed by atoms with E-state index in [0.29, 0.717) is 17.4 Å². The van der Waals surface area contributed by atoms with Gasteiger partial charge in [0.2, 0.25) is 5.91 Å². The molecule has 1 saturated heterocycles. The normalized spacial score (nSPS) is 20.8. The van der Waals surface area contributed by atoms with Crippen LogP contribution < -0.4 is 10.6 Å². The third-order valence-electron chi connectivity index (χ3n) is 3.68. The Kier molecular flexibility index (Phi) is 5.23. The van der Waals surface area contributed by atoms with Gasteiger partial charge in [0.1, 0.15) is 0 Å². The molecule has 1 amide bonds. The molecule has 2 rings (SSSR count). The summed E-state index contributed by atoms with van der Waals surface area (Å²) < 4.78 is 0. The fraction of sp³-hybridized carbons (Fsp3) is 0.533. The summed E-state index contributed by atoms with van der Waals surface area (Å²) >= 11 is 5.92. The molecule has 0 aliphatic carbocycles. The Bertz CT molecular complexity index is 430. The van der Waals surface area contributed by atoms with Crippen LogP contribution in [0.3, 0.4) is 0 Å². The van der Waals surface area contributed by atoms with Crippen molar-refractivity contribution in [3.63, 3.8) is 0 Å². The Morgan fingerprint density at radius 3 is 3.11 bits per heavy atom. The molecule has 1 fully saturated rings. The van der Waals surface area contributed by atoms with Crippen LogP contribution in [0.5, 0.6) is 0 Å². The quantitative estimate of drug-likeness (QED) is 0.889. The van der Waals surface area contributed by atoms with Gasteiger partial charge in [-0.1, -0.05) is 23.7 Å². The number of halogens is 1. The SMILES string of the molecule is CC(NC(=O)Cc1cccc(Cl)c1)C1CCCNC1. The molecule has 0 bridgehead atoms. The first kappa shape index (κ1) is 14.4. The molecule has 3 nitrogen and oxygen atoms in total. The van der Waals surface area contributed by atoms with Crippen molar-refractivity contribution in [3.8, 4) is 0 Å². The minimum Gasteiger partial charge on any atom is -0.353 e. The van der Waals surface area contributed by atoms with E-state index in [1.807, 2.05) is 24.3 Å². The number of rotatable bonds is 4. The van der Waals surface area contributed by atoms with Gasteiger partial charge in [0.25, 0.3) is 0 Å². The first-order chi connectivity index (χ1) is 9.15. The Morgan fingerprint density at radius 2 is 2.42 bits per heavy atom. The zero-order valence-corrected chi connectivity index (χ0v) is 12.0. The maximum atomic E-state index is 12.0. The van der Waals surface area contributed by atoms with E-state index < -0.39 is 0 Å². The molecule has 1 heterocycles.